The van der Waals surface area contributed by atoms with E-state index in [1.165, 1.54) is 19.4 Å². The highest BCUT2D eigenvalue weighted by Crippen LogP contribution is 2.25. The molecule has 0 radical (unpaired) electrons. The van der Waals surface area contributed by atoms with Crippen LogP contribution in [0.15, 0.2) is 24.3 Å². The zero-order valence-corrected chi connectivity index (χ0v) is 14.8. The van der Waals surface area contributed by atoms with Crippen LogP contribution in [0.4, 0.5) is 5.69 Å². The van der Waals surface area contributed by atoms with Crippen molar-refractivity contribution in [3.8, 4) is 0 Å². The van der Waals surface area contributed by atoms with Crippen molar-refractivity contribution >= 4 is 29.3 Å². The topological polar surface area (TPSA) is 69.4 Å². The number of esters is 1. The number of benzene rings is 1. The SMILES string of the molecule is CC(=O)OCCCCCCCCC=Cc1ccc(Cl)c([N+](=O)[O-])c1. The molecule has 1 aromatic carbocycles. The molecule has 0 fully saturated rings. The van der Waals surface area contributed by atoms with E-state index in [-0.39, 0.29) is 16.7 Å². The fourth-order valence-electron chi connectivity index (χ4n) is 2.28. The molecule has 0 spiro atoms. The highest BCUT2D eigenvalue weighted by Gasteiger charge is 2.11. The molecule has 0 amide bonds. The molecule has 5 nitrogen and oxygen atoms in total. The first-order chi connectivity index (χ1) is 11.5. The van der Waals surface area contributed by atoms with Crippen molar-refractivity contribution < 1.29 is 14.5 Å². The van der Waals surface area contributed by atoms with E-state index in [1.807, 2.05) is 12.2 Å². The van der Waals surface area contributed by atoms with Crippen LogP contribution in [-0.2, 0) is 9.53 Å². The average Bonchev–Trinajstić information content (AvgIpc) is 2.53. The zero-order chi connectivity index (χ0) is 17.8. The third kappa shape index (κ3) is 8.67. The fourth-order valence-corrected chi connectivity index (χ4v) is 2.47. The summed E-state index contributed by atoms with van der Waals surface area (Å²) in [4.78, 5) is 20.9. The first kappa shape index (κ1) is 20.2. The van der Waals surface area contributed by atoms with Crippen LogP contribution in [0.1, 0.15) is 57.4 Å². The number of carbonyl (C=O) groups excluding carboxylic acids is 1. The Morgan fingerprint density at radius 3 is 2.54 bits per heavy atom. The number of allylic oxidation sites excluding steroid dienone is 1. The number of hydrogen-bond donors (Lipinski definition) is 0. The molecule has 0 bridgehead atoms. The molecule has 0 heterocycles. The monoisotopic (exact) mass is 353 g/mol. The summed E-state index contributed by atoms with van der Waals surface area (Å²) < 4.78 is 4.88. The Morgan fingerprint density at radius 2 is 1.88 bits per heavy atom. The highest BCUT2D eigenvalue weighted by atomic mass is 35.5. The Labute approximate surface area is 147 Å². The largest absolute Gasteiger partial charge is 0.466 e. The van der Waals surface area contributed by atoms with E-state index < -0.39 is 4.92 Å². The van der Waals surface area contributed by atoms with Crippen molar-refractivity contribution in [1.82, 2.24) is 0 Å². The third-order valence-corrected chi connectivity index (χ3v) is 3.87. The van der Waals surface area contributed by atoms with E-state index in [9.17, 15) is 14.9 Å². The van der Waals surface area contributed by atoms with Gasteiger partial charge in [0.15, 0.2) is 0 Å². The van der Waals surface area contributed by atoms with E-state index in [1.54, 1.807) is 12.1 Å². The first-order valence-corrected chi connectivity index (χ1v) is 8.62. The van der Waals surface area contributed by atoms with Gasteiger partial charge < -0.3 is 4.74 Å². The average molecular weight is 354 g/mol. The molecule has 6 heteroatoms. The van der Waals surface area contributed by atoms with E-state index in [0.717, 1.165) is 44.1 Å². The van der Waals surface area contributed by atoms with E-state index in [2.05, 4.69) is 0 Å². The lowest BCUT2D eigenvalue weighted by Crippen LogP contribution is -1.99. The molecule has 1 aromatic rings. The summed E-state index contributed by atoms with van der Waals surface area (Å²) in [7, 11) is 0. The molecule has 132 valence electrons. The van der Waals surface area contributed by atoms with Gasteiger partial charge in [0.05, 0.1) is 11.5 Å². The van der Waals surface area contributed by atoms with Gasteiger partial charge in [-0.1, -0.05) is 55.5 Å². The minimum absolute atomic E-state index is 0.0624. The van der Waals surface area contributed by atoms with Crippen molar-refractivity contribution in [1.29, 1.82) is 0 Å². The Kier molecular flexibility index (Phi) is 9.77. The summed E-state index contributed by atoms with van der Waals surface area (Å²) in [5.41, 5.74) is 0.726. The molecule has 0 aliphatic carbocycles. The van der Waals surface area contributed by atoms with Gasteiger partial charge in [-0.25, -0.2) is 0 Å². The summed E-state index contributed by atoms with van der Waals surface area (Å²) in [5.74, 6) is -0.215. The van der Waals surface area contributed by atoms with E-state index in [0.29, 0.717) is 6.61 Å². The molecule has 0 aliphatic heterocycles. The molecule has 0 aromatic heterocycles. The van der Waals surface area contributed by atoms with Crippen LogP contribution in [-0.4, -0.2) is 17.5 Å². The van der Waals surface area contributed by atoms with Crippen molar-refractivity contribution in [3.05, 3.63) is 45.0 Å². The standard InChI is InChI=1S/C18H24ClNO4/c1-15(21)24-13-9-7-5-3-2-4-6-8-10-16-11-12-17(19)18(14-16)20(22)23/h8,10-12,14H,2-7,9,13H2,1H3. The summed E-state index contributed by atoms with van der Waals surface area (Å²) in [6.07, 6.45) is 11.4. The lowest BCUT2D eigenvalue weighted by Gasteiger charge is -2.02. The van der Waals surface area contributed by atoms with Crippen molar-refractivity contribution in [2.75, 3.05) is 6.61 Å². The second-order valence-electron chi connectivity index (χ2n) is 5.62. The predicted molar refractivity (Wildman–Crippen MR) is 96.1 cm³/mol. The number of ether oxygens (including phenoxy) is 1. The molecular weight excluding hydrogens is 330 g/mol. The highest BCUT2D eigenvalue weighted by molar-refractivity contribution is 6.32. The molecule has 0 saturated carbocycles. The van der Waals surface area contributed by atoms with Crippen LogP contribution >= 0.6 is 11.6 Å². The van der Waals surface area contributed by atoms with E-state index in [4.69, 9.17) is 16.3 Å². The maximum absolute atomic E-state index is 10.8. The summed E-state index contributed by atoms with van der Waals surface area (Å²) in [6, 6.07) is 4.81. The van der Waals surface area contributed by atoms with Crippen LogP contribution < -0.4 is 0 Å². The lowest BCUT2D eigenvalue weighted by atomic mass is 10.1. The summed E-state index contributed by atoms with van der Waals surface area (Å²) >= 11 is 5.78. The number of nitro benzene ring substituents is 1. The predicted octanol–water partition coefficient (Wildman–Crippen LogP) is 5.56. The number of rotatable bonds is 11. The van der Waals surface area contributed by atoms with E-state index >= 15 is 0 Å². The smallest absolute Gasteiger partial charge is 0.302 e. The van der Waals surface area contributed by atoms with Crippen LogP contribution in [0, 0.1) is 10.1 Å². The maximum atomic E-state index is 10.8. The van der Waals surface area contributed by atoms with Gasteiger partial charge in [0.25, 0.3) is 5.69 Å². The lowest BCUT2D eigenvalue weighted by molar-refractivity contribution is -0.384. The Balaban J connectivity index is 2.13. The Bertz CT molecular complexity index is 572. The minimum Gasteiger partial charge on any atom is -0.466 e. The molecule has 0 unspecified atom stereocenters. The molecule has 24 heavy (non-hydrogen) atoms. The van der Waals surface area contributed by atoms with Crippen molar-refractivity contribution in [2.45, 2.75) is 51.9 Å². The molecule has 0 N–H and O–H groups in total. The first-order valence-electron chi connectivity index (χ1n) is 8.24. The van der Waals surface area contributed by atoms with Gasteiger partial charge in [-0.05, 0) is 30.9 Å². The van der Waals surface area contributed by atoms with Gasteiger partial charge in [-0.15, -0.1) is 0 Å². The van der Waals surface area contributed by atoms with Crippen molar-refractivity contribution in [3.63, 3.8) is 0 Å². The van der Waals surface area contributed by atoms with Gasteiger partial charge in [-0.2, -0.15) is 0 Å². The summed E-state index contributed by atoms with van der Waals surface area (Å²) in [5, 5.41) is 11.0. The number of halogens is 1. The van der Waals surface area contributed by atoms with Gasteiger partial charge in [0.2, 0.25) is 0 Å². The Morgan fingerprint density at radius 1 is 1.21 bits per heavy atom. The van der Waals surface area contributed by atoms with Crippen molar-refractivity contribution in [2.24, 2.45) is 0 Å². The maximum Gasteiger partial charge on any atom is 0.302 e. The van der Waals surface area contributed by atoms with Gasteiger partial charge >= 0.3 is 5.97 Å². The fraction of sp³-hybridized carbons (Fsp3) is 0.500. The number of nitrogens with zero attached hydrogens (tertiary/aromatic N) is 1. The number of carbonyl (C=O) groups is 1. The van der Waals surface area contributed by atoms with Gasteiger partial charge in [0, 0.05) is 13.0 Å². The molecular formula is C18H24ClNO4. The minimum atomic E-state index is -0.471. The normalized spacial score (nSPS) is 10.9. The number of unbranched alkanes of at least 4 members (excludes halogenated alkanes) is 6. The molecule has 0 atom stereocenters. The van der Waals surface area contributed by atoms with Crippen LogP contribution in [0.25, 0.3) is 6.08 Å². The van der Waals surface area contributed by atoms with Gasteiger partial charge in [0.1, 0.15) is 5.02 Å². The van der Waals surface area contributed by atoms with Gasteiger partial charge in [-0.3, -0.25) is 14.9 Å². The summed E-state index contributed by atoms with van der Waals surface area (Å²) in [6.45, 7) is 1.95. The second-order valence-corrected chi connectivity index (χ2v) is 6.03. The zero-order valence-electron chi connectivity index (χ0n) is 14.0. The molecule has 0 aliphatic rings. The van der Waals surface area contributed by atoms with Crippen LogP contribution in [0.2, 0.25) is 5.02 Å². The third-order valence-electron chi connectivity index (χ3n) is 3.55. The number of hydrogen-bond acceptors (Lipinski definition) is 4. The number of nitro groups is 1. The van der Waals surface area contributed by atoms with Crippen LogP contribution in [0.3, 0.4) is 0 Å². The Hall–Kier alpha value is -1.88. The molecule has 1 rings (SSSR count). The second kappa shape index (κ2) is 11.6. The van der Waals surface area contributed by atoms with Crippen LogP contribution in [0.5, 0.6) is 0 Å². The quantitative estimate of drug-likeness (QED) is 0.226. The molecule has 0 saturated heterocycles.